The zero-order valence-corrected chi connectivity index (χ0v) is 12.9. The summed E-state index contributed by atoms with van der Waals surface area (Å²) in [4.78, 5) is 22.9. The van der Waals surface area contributed by atoms with E-state index in [9.17, 15) is 4.79 Å². The van der Waals surface area contributed by atoms with Crippen LogP contribution >= 0.6 is 11.3 Å². The largest absolute Gasteiger partial charge is 0.345 e. The van der Waals surface area contributed by atoms with Gasteiger partial charge in [-0.05, 0) is 27.9 Å². The average molecular weight is 282 g/mol. The van der Waals surface area contributed by atoms with Crippen LogP contribution in [0.1, 0.15) is 12.6 Å². The van der Waals surface area contributed by atoms with E-state index in [0.717, 1.165) is 37.0 Å². The molecule has 5 nitrogen and oxygen atoms in total. The van der Waals surface area contributed by atoms with Crippen molar-refractivity contribution in [3.63, 3.8) is 0 Å². The molecule has 0 bridgehead atoms. The van der Waals surface area contributed by atoms with Crippen LogP contribution in [-0.4, -0.2) is 67.0 Å². The summed E-state index contributed by atoms with van der Waals surface area (Å²) < 4.78 is 0. The Morgan fingerprint density at radius 2 is 2.00 bits per heavy atom. The third-order valence-electron chi connectivity index (χ3n) is 3.60. The molecule has 0 spiro atoms. The molecule has 0 unspecified atom stereocenters. The molecule has 0 aliphatic carbocycles. The Kier molecular flexibility index (Phi) is 4.42. The van der Waals surface area contributed by atoms with Gasteiger partial charge in [-0.25, -0.2) is 4.98 Å². The van der Waals surface area contributed by atoms with Crippen LogP contribution in [0.25, 0.3) is 0 Å². The lowest BCUT2D eigenvalue weighted by molar-refractivity contribution is -0.135. The third kappa shape index (κ3) is 3.25. The first-order valence-corrected chi connectivity index (χ1v) is 7.49. The molecule has 1 fully saturated rings. The number of piperazine rings is 1. The maximum atomic E-state index is 12.2. The topological polar surface area (TPSA) is 39.7 Å². The van der Waals surface area contributed by atoms with Crippen LogP contribution in [0.5, 0.6) is 0 Å². The highest BCUT2D eigenvalue weighted by atomic mass is 32.1. The molecular formula is C13H22N4OS. The normalized spacial score (nSPS) is 17.9. The fourth-order valence-electron chi connectivity index (χ4n) is 2.09. The van der Waals surface area contributed by atoms with Crippen molar-refractivity contribution in [2.24, 2.45) is 0 Å². The van der Waals surface area contributed by atoms with Gasteiger partial charge in [-0.2, -0.15) is 0 Å². The molecule has 1 aromatic heterocycles. The summed E-state index contributed by atoms with van der Waals surface area (Å²) in [5.41, 5.74) is 1.07. The molecule has 0 N–H and O–H groups in total. The first kappa shape index (κ1) is 14.3. The Bertz CT molecular complexity index is 438. The average Bonchev–Trinajstić information content (AvgIpc) is 2.84. The second-order valence-corrected chi connectivity index (χ2v) is 6.06. The summed E-state index contributed by atoms with van der Waals surface area (Å²) in [6.45, 7) is 7.29. The summed E-state index contributed by atoms with van der Waals surface area (Å²) in [5.74, 6) is 0.222. The van der Waals surface area contributed by atoms with Gasteiger partial charge in [0, 0.05) is 31.6 Å². The number of nitrogens with zero attached hydrogens (tertiary/aromatic N) is 4. The highest BCUT2D eigenvalue weighted by Crippen LogP contribution is 2.21. The van der Waals surface area contributed by atoms with Gasteiger partial charge >= 0.3 is 0 Å². The molecule has 106 valence electrons. The Balaban J connectivity index is 1.90. The molecule has 1 atom stereocenters. The van der Waals surface area contributed by atoms with E-state index in [1.165, 1.54) is 0 Å². The van der Waals surface area contributed by atoms with Crippen LogP contribution in [0.2, 0.25) is 0 Å². The van der Waals surface area contributed by atoms with Crippen molar-refractivity contribution in [3.8, 4) is 0 Å². The number of hydrogen-bond donors (Lipinski definition) is 0. The van der Waals surface area contributed by atoms with Gasteiger partial charge in [0.25, 0.3) is 0 Å². The van der Waals surface area contributed by atoms with Crippen molar-refractivity contribution in [2.45, 2.75) is 19.9 Å². The number of aromatic nitrogens is 1. The van der Waals surface area contributed by atoms with Crippen molar-refractivity contribution >= 4 is 22.4 Å². The van der Waals surface area contributed by atoms with Crippen molar-refractivity contribution in [1.29, 1.82) is 0 Å². The number of aryl methyl sites for hydroxylation is 1. The standard InChI is InChI=1S/C13H22N4OS/c1-10-9-19-13(14-10)17-7-5-16(6-8-17)12(18)11(2)15(3)4/h9,11H,5-8H2,1-4H3/t11-/m0/s1. The molecule has 1 aliphatic heterocycles. The van der Waals surface area contributed by atoms with Crippen molar-refractivity contribution in [3.05, 3.63) is 11.1 Å². The van der Waals surface area contributed by atoms with E-state index < -0.39 is 0 Å². The Morgan fingerprint density at radius 3 is 2.47 bits per heavy atom. The first-order chi connectivity index (χ1) is 8.99. The summed E-state index contributed by atoms with van der Waals surface area (Å²) >= 11 is 1.68. The fraction of sp³-hybridized carbons (Fsp3) is 0.692. The second kappa shape index (κ2) is 5.88. The minimum atomic E-state index is -0.0475. The van der Waals surface area contributed by atoms with E-state index in [1.807, 2.05) is 37.7 Å². The van der Waals surface area contributed by atoms with Gasteiger partial charge in [0.15, 0.2) is 5.13 Å². The maximum Gasteiger partial charge on any atom is 0.239 e. The van der Waals surface area contributed by atoms with Crippen LogP contribution in [-0.2, 0) is 4.79 Å². The molecule has 2 rings (SSSR count). The van der Waals surface area contributed by atoms with Gasteiger partial charge < -0.3 is 9.80 Å². The molecule has 0 aromatic carbocycles. The monoisotopic (exact) mass is 282 g/mol. The molecule has 2 heterocycles. The number of carbonyl (C=O) groups is 1. The Morgan fingerprint density at radius 1 is 1.37 bits per heavy atom. The zero-order chi connectivity index (χ0) is 14.0. The number of hydrogen-bond acceptors (Lipinski definition) is 5. The van der Waals surface area contributed by atoms with Crippen LogP contribution in [0.3, 0.4) is 0 Å². The molecule has 0 saturated carbocycles. The highest BCUT2D eigenvalue weighted by molar-refractivity contribution is 7.13. The molecule has 6 heteroatoms. The molecule has 1 amide bonds. The minimum Gasteiger partial charge on any atom is -0.345 e. The zero-order valence-electron chi connectivity index (χ0n) is 12.1. The van der Waals surface area contributed by atoms with Crippen molar-refractivity contribution in [1.82, 2.24) is 14.8 Å². The lowest BCUT2D eigenvalue weighted by Gasteiger charge is -2.36. The number of amides is 1. The van der Waals surface area contributed by atoms with E-state index in [-0.39, 0.29) is 11.9 Å². The lowest BCUT2D eigenvalue weighted by Crippen LogP contribution is -2.53. The fourth-order valence-corrected chi connectivity index (χ4v) is 2.95. The van der Waals surface area contributed by atoms with Crippen molar-refractivity contribution in [2.75, 3.05) is 45.2 Å². The number of carbonyl (C=O) groups excluding carboxylic acids is 1. The predicted octanol–water partition coefficient (Wildman–Crippen LogP) is 1.05. The molecule has 1 aliphatic rings. The van der Waals surface area contributed by atoms with Gasteiger partial charge in [-0.1, -0.05) is 0 Å². The maximum absolute atomic E-state index is 12.2. The SMILES string of the molecule is Cc1csc(N2CCN(C(=O)[C@H](C)N(C)C)CC2)n1. The quantitative estimate of drug-likeness (QED) is 0.831. The molecule has 0 radical (unpaired) electrons. The van der Waals surface area contributed by atoms with Gasteiger partial charge in [-0.15, -0.1) is 11.3 Å². The van der Waals surface area contributed by atoms with Gasteiger partial charge in [-0.3, -0.25) is 9.69 Å². The third-order valence-corrected chi connectivity index (χ3v) is 4.62. The number of thiazole rings is 1. The molecule has 19 heavy (non-hydrogen) atoms. The van der Waals surface area contributed by atoms with E-state index in [4.69, 9.17) is 0 Å². The summed E-state index contributed by atoms with van der Waals surface area (Å²) in [5, 5.41) is 3.14. The summed E-state index contributed by atoms with van der Waals surface area (Å²) in [6.07, 6.45) is 0. The van der Waals surface area contributed by atoms with E-state index in [1.54, 1.807) is 11.3 Å². The lowest BCUT2D eigenvalue weighted by atomic mass is 10.2. The van der Waals surface area contributed by atoms with Crippen molar-refractivity contribution < 1.29 is 4.79 Å². The van der Waals surface area contributed by atoms with Gasteiger partial charge in [0.1, 0.15) is 0 Å². The number of anilines is 1. The molecule has 1 saturated heterocycles. The van der Waals surface area contributed by atoms with Gasteiger partial charge in [0.05, 0.1) is 11.7 Å². The Hall–Kier alpha value is -1.14. The Labute approximate surface area is 118 Å². The van der Waals surface area contributed by atoms with Crippen LogP contribution < -0.4 is 4.90 Å². The predicted molar refractivity (Wildman–Crippen MR) is 78.8 cm³/mol. The first-order valence-electron chi connectivity index (χ1n) is 6.61. The second-order valence-electron chi connectivity index (χ2n) is 5.22. The highest BCUT2D eigenvalue weighted by Gasteiger charge is 2.26. The van der Waals surface area contributed by atoms with Gasteiger partial charge in [0.2, 0.25) is 5.91 Å². The summed E-state index contributed by atoms with van der Waals surface area (Å²) in [6, 6.07) is -0.0475. The number of likely N-dealkylation sites (N-methyl/N-ethyl adjacent to an activating group) is 1. The van der Waals surface area contributed by atoms with E-state index in [0.29, 0.717) is 0 Å². The van der Waals surface area contributed by atoms with E-state index >= 15 is 0 Å². The summed E-state index contributed by atoms with van der Waals surface area (Å²) in [7, 11) is 3.88. The van der Waals surface area contributed by atoms with Crippen LogP contribution in [0.15, 0.2) is 5.38 Å². The molecular weight excluding hydrogens is 260 g/mol. The van der Waals surface area contributed by atoms with Crippen LogP contribution in [0, 0.1) is 6.92 Å². The number of rotatable bonds is 3. The van der Waals surface area contributed by atoms with E-state index in [2.05, 4.69) is 15.3 Å². The minimum absolute atomic E-state index is 0.0475. The smallest absolute Gasteiger partial charge is 0.239 e. The van der Waals surface area contributed by atoms with Crippen LogP contribution in [0.4, 0.5) is 5.13 Å². The molecule has 1 aromatic rings.